The number of ether oxygens (including phenoxy) is 2. The Kier molecular flexibility index (Phi) is 3.76. The van der Waals surface area contributed by atoms with Crippen molar-refractivity contribution in [3.8, 4) is 0 Å². The molecule has 0 bridgehead atoms. The van der Waals surface area contributed by atoms with Crippen molar-refractivity contribution in [2.75, 3.05) is 13.7 Å². The topological polar surface area (TPSA) is 47.6 Å². The number of rotatable bonds is 2. The minimum absolute atomic E-state index is 0.0838. The quantitative estimate of drug-likeness (QED) is 0.827. The first-order chi connectivity index (χ1) is 11.0. The number of piperidine rings is 1. The lowest BCUT2D eigenvalue weighted by Crippen LogP contribution is -2.57. The Hall–Kier alpha value is -0.620. The largest absolute Gasteiger partial charge is 0.469 e. The Labute approximate surface area is 145 Å². The highest BCUT2D eigenvalue weighted by atomic mass is 35.5. The van der Waals surface area contributed by atoms with E-state index in [1.54, 1.807) is 11.3 Å². The molecule has 0 radical (unpaired) electrons. The molecule has 1 N–H and O–H groups in total. The summed E-state index contributed by atoms with van der Waals surface area (Å²) in [6.07, 6.45) is 4.46. The van der Waals surface area contributed by atoms with Crippen molar-refractivity contribution >= 4 is 28.9 Å². The number of hydrogen-bond acceptors (Lipinski definition) is 5. The summed E-state index contributed by atoms with van der Waals surface area (Å²) in [6, 6.07) is 2.48. The smallest absolute Gasteiger partial charge is 0.313 e. The first-order valence-corrected chi connectivity index (χ1v) is 9.46. The second-order valence-corrected chi connectivity index (χ2v) is 8.86. The Morgan fingerprint density at radius 3 is 2.96 bits per heavy atom. The molecule has 1 saturated carbocycles. The summed E-state index contributed by atoms with van der Waals surface area (Å²) in [5, 5.41) is 3.63. The molecule has 2 aliphatic heterocycles. The molecule has 1 saturated heterocycles. The number of carbonyl (C=O) groups excluding carboxylic acids is 1. The van der Waals surface area contributed by atoms with Crippen molar-refractivity contribution in [1.82, 2.24) is 5.32 Å². The molecular formula is C17H22ClNO3S. The van der Waals surface area contributed by atoms with E-state index in [0.717, 1.165) is 43.0 Å². The minimum Gasteiger partial charge on any atom is -0.469 e. The van der Waals surface area contributed by atoms with Crippen LogP contribution in [0.2, 0.25) is 4.34 Å². The van der Waals surface area contributed by atoms with Gasteiger partial charge in [-0.3, -0.25) is 4.79 Å². The number of thiophene rings is 1. The lowest BCUT2D eigenvalue weighted by atomic mass is 9.75. The number of hydrogen-bond donors (Lipinski definition) is 1. The summed E-state index contributed by atoms with van der Waals surface area (Å²) in [7, 11) is 1.48. The highest BCUT2D eigenvalue weighted by Crippen LogP contribution is 2.56. The second kappa shape index (κ2) is 5.45. The first kappa shape index (κ1) is 15.9. The fourth-order valence-corrected chi connectivity index (χ4v) is 5.91. The predicted octanol–water partition coefficient (Wildman–Crippen LogP) is 3.26. The molecule has 4 rings (SSSR count). The van der Waals surface area contributed by atoms with Crippen molar-refractivity contribution in [2.24, 2.45) is 5.41 Å². The van der Waals surface area contributed by atoms with E-state index in [9.17, 15) is 4.79 Å². The van der Waals surface area contributed by atoms with Crippen molar-refractivity contribution in [3.63, 3.8) is 0 Å². The number of halogens is 1. The van der Waals surface area contributed by atoms with Gasteiger partial charge in [0.2, 0.25) is 0 Å². The van der Waals surface area contributed by atoms with E-state index in [1.165, 1.54) is 17.6 Å². The molecular weight excluding hydrogens is 334 g/mol. The molecule has 126 valence electrons. The summed E-state index contributed by atoms with van der Waals surface area (Å²) in [6.45, 7) is 2.90. The number of carbonyl (C=O) groups is 1. The molecule has 6 heteroatoms. The van der Waals surface area contributed by atoms with Gasteiger partial charge in [-0.1, -0.05) is 11.6 Å². The fourth-order valence-electron chi connectivity index (χ4n) is 4.45. The van der Waals surface area contributed by atoms with Gasteiger partial charge in [-0.05, 0) is 50.7 Å². The Balaban J connectivity index is 1.69. The maximum absolute atomic E-state index is 12.3. The molecule has 1 spiro atoms. The lowest BCUT2D eigenvalue weighted by Gasteiger charge is -2.47. The van der Waals surface area contributed by atoms with Crippen LogP contribution in [0, 0.1) is 5.41 Å². The van der Waals surface area contributed by atoms with Crippen LogP contribution in [-0.4, -0.2) is 31.8 Å². The highest BCUT2D eigenvalue weighted by Gasteiger charge is 2.61. The van der Waals surface area contributed by atoms with Crippen LogP contribution >= 0.6 is 22.9 Å². The summed E-state index contributed by atoms with van der Waals surface area (Å²) in [5.41, 5.74) is 0.657. The molecule has 23 heavy (non-hydrogen) atoms. The van der Waals surface area contributed by atoms with E-state index >= 15 is 0 Å². The molecule has 3 heterocycles. The summed E-state index contributed by atoms with van der Waals surface area (Å²) >= 11 is 7.92. The molecule has 0 amide bonds. The van der Waals surface area contributed by atoms with Crippen LogP contribution in [0.4, 0.5) is 0 Å². The van der Waals surface area contributed by atoms with Gasteiger partial charge in [-0.2, -0.15) is 0 Å². The van der Waals surface area contributed by atoms with Gasteiger partial charge < -0.3 is 14.8 Å². The fraction of sp³-hybridized carbons (Fsp3) is 0.706. The van der Waals surface area contributed by atoms with E-state index in [2.05, 4.69) is 18.3 Å². The zero-order valence-corrected chi connectivity index (χ0v) is 15.1. The van der Waals surface area contributed by atoms with Crippen LogP contribution in [0.5, 0.6) is 0 Å². The minimum atomic E-state index is -0.363. The SMILES string of the molecule is COC(=O)C1(C2CC3(CC(C)N2)OCCc2cc(Cl)sc23)CC1. The maximum Gasteiger partial charge on any atom is 0.313 e. The average molecular weight is 356 g/mol. The number of nitrogens with one attached hydrogen (secondary N) is 1. The monoisotopic (exact) mass is 355 g/mol. The Bertz CT molecular complexity index is 642. The standard InChI is InChI=1S/C17H22ClNO3S/c1-10-8-17(14-11(3-6-22-17)7-13(18)23-14)9-12(19-10)16(4-5-16)15(20)21-2/h7,10,12,19H,3-6,8-9H2,1-2H3. The first-order valence-electron chi connectivity index (χ1n) is 8.26. The third-order valence-corrected chi connectivity index (χ3v) is 7.14. The number of fused-ring (bicyclic) bond motifs is 2. The maximum atomic E-state index is 12.3. The van der Waals surface area contributed by atoms with Gasteiger partial charge >= 0.3 is 5.97 Å². The van der Waals surface area contributed by atoms with E-state index < -0.39 is 0 Å². The van der Waals surface area contributed by atoms with Gasteiger partial charge in [0.1, 0.15) is 5.60 Å². The van der Waals surface area contributed by atoms with Gasteiger partial charge in [-0.25, -0.2) is 0 Å². The summed E-state index contributed by atoms with van der Waals surface area (Å²) in [4.78, 5) is 13.6. The zero-order valence-electron chi connectivity index (χ0n) is 13.5. The molecule has 1 aromatic rings. The lowest BCUT2D eigenvalue weighted by molar-refractivity contribution is -0.152. The Morgan fingerprint density at radius 1 is 1.48 bits per heavy atom. The van der Waals surface area contributed by atoms with Crippen molar-refractivity contribution < 1.29 is 14.3 Å². The normalized spacial score (nSPS) is 34.9. The molecule has 2 fully saturated rings. The molecule has 4 nitrogen and oxygen atoms in total. The average Bonchev–Trinajstić information content (AvgIpc) is 3.23. The second-order valence-electron chi connectivity index (χ2n) is 7.17. The molecule has 3 unspecified atom stereocenters. The van der Waals surface area contributed by atoms with Crippen LogP contribution in [0.1, 0.15) is 43.0 Å². The third kappa shape index (κ3) is 2.44. The van der Waals surface area contributed by atoms with E-state index in [-0.39, 0.29) is 23.0 Å². The van der Waals surface area contributed by atoms with Gasteiger partial charge in [0, 0.05) is 17.0 Å². The summed E-state index contributed by atoms with van der Waals surface area (Å²) < 4.78 is 12.3. The Morgan fingerprint density at radius 2 is 2.26 bits per heavy atom. The van der Waals surface area contributed by atoms with Crippen molar-refractivity contribution in [1.29, 1.82) is 0 Å². The van der Waals surface area contributed by atoms with E-state index in [0.29, 0.717) is 6.04 Å². The van der Waals surface area contributed by atoms with Crippen LogP contribution in [0.15, 0.2) is 6.07 Å². The predicted molar refractivity (Wildman–Crippen MR) is 90.0 cm³/mol. The van der Waals surface area contributed by atoms with Crippen LogP contribution < -0.4 is 5.32 Å². The van der Waals surface area contributed by atoms with E-state index in [4.69, 9.17) is 21.1 Å². The molecule has 1 aromatic heterocycles. The van der Waals surface area contributed by atoms with Gasteiger partial charge in [0.25, 0.3) is 0 Å². The highest BCUT2D eigenvalue weighted by molar-refractivity contribution is 7.16. The number of esters is 1. The van der Waals surface area contributed by atoms with Crippen molar-refractivity contribution in [2.45, 2.75) is 56.7 Å². The van der Waals surface area contributed by atoms with Gasteiger partial charge in [0.05, 0.1) is 23.5 Å². The van der Waals surface area contributed by atoms with Crippen LogP contribution in [0.25, 0.3) is 0 Å². The van der Waals surface area contributed by atoms with Crippen LogP contribution in [-0.2, 0) is 26.3 Å². The number of methoxy groups -OCH3 is 1. The molecule has 3 aliphatic rings. The zero-order chi connectivity index (χ0) is 16.2. The third-order valence-electron chi connectivity index (χ3n) is 5.65. The van der Waals surface area contributed by atoms with Crippen molar-refractivity contribution in [3.05, 3.63) is 20.8 Å². The van der Waals surface area contributed by atoms with E-state index in [1.807, 2.05) is 0 Å². The van der Waals surface area contributed by atoms with Crippen LogP contribution in [0.3, 0.4) is 0 Å². The van der Waals surface area contributed by atoms with Gasteiger partial charge in [-0.15, -0.1) is 11.3 Å². The van der Waals surface area contributed by atoms with Gasteiger partial charge in [0.15, 0.2) is 0 Å². The molecule has 3 atom stereocenters. The summed E-state index contributed by atoms with van der Waals surface area (Å²) in [5.74, 6) is -0.0838. The molecule has 0 aromatic carbocycles. The molecule has 1 aliphatic carbocycles.